The van der Waals surface area contributed by atoms with E-state index in [2.05, 4.69) is 19.2 Å². The third-order valence-electron chi connectivity index (χ3n) is 4.10. The van der Waals surface area contributed by atoms with Crippen molar-refractivity contribution in [3.63, 3.8) is 0 Å². The first kappa shape index (κ1) is 16.2. The molecule has 2 atom stereocenters. The van der Waals surface area contributed by atoms with Crippen molar-refractivity contribution in [1.82, 2.24) is 5.32 Å². The molecule has 0 bridgehead atoms. The van der Waals surface area contributed by atoms with Crippen molar-refractivity contribution in [3.05, 3.63) is 34.6 Å². The van der Waals surface area contributed by atoms with E-state index in [1.165, 1.54) is 24.8 Å². The lowest BCUT2D eigenvalue weighted by Crippen LogP contribution is -2.26. The molecule has 1 N–H and O–H groups in total. The van der Waals surface area contributed by atoms with Crippen molar-refractivity contribution in [2.45, 2.75) is 59.4 Å². The average Bonchev–Trinajstić information content (AvgIpc) is 2.36. The molecule has 0 radical (unpaired) electrons. The summed E-state index contributed by atoms with van der Waals surface area (Å²) in [6.45, 7) is 8.51. The van der Waals surface area contributed by atoms with Gasteiger partial charge in [0.1, 0.15) is 5.82 Å². The van der Waals surface area contributed by atoms with Gasteiger partial charge in [-0.05, 0) is 62.1 Å². The Labute approximate surface area is 117 Å². The maximum atomic E-state index is 13.4. The topological polar surface area (TPSA) is 12.0 Å². The Kier molecular flexibility index (Phi) is 6.50. The van der Waals surface area contributed by atoms with Crippen LogP contribution in [-0.2, 0) is 0 Å². The van der Waals surface area contributed by atoms with Crippen LogP contribution in [0.25, 0.3) is 0 Å². The van der Waals surface area contributed by atoms with E-state index in [1.54, 1.807) is 12.1 Å². The zero-order valence-electron chi connectivity index (χ0n) is 13.0. The highest BCUT2D eigenvalue weighted by Crippen LogP contribution is 2.33. The molecular formula is C17H28FN. The molecular weight excluding hydrogens is 237 g/mol. The monoisotopic (exact) mass is 265 g/mol. The van der Waals surface area contributed by atoms with Crippen LogP contribution in [0.4, 0.5) is 4.39 Å². The van der Waals surface area contributed by atoms with Crippen LogP contribution in [0.1, 0.15) is 62.3 Å². The van der Waals surface area contributed by atoms with Crippen LogP contribution in [0.5, 0.6) is 0 Å². The Morgan fingerprint density at radius 1 is 1.16 bits per heavy atom. The third-order valence-corrected chi connectivity index (χ3v) is 4.10. The highest BCUT2D eigenvalue weighted by Gasteiger charge is 2.23. The third kappa shape index (κ3) is 4.04. The summed E-state index contributed by atoms with van der Waals surface area (Å²) in [6.07, 6.45) is 4.88. The fourth-order valence-corrected chi connectivity index (χ4v) is 3.10. The van der Waals surface area contributed by atoms with Gasteiger partial charge in [-0.15, -0.1) is 0 Å². The number of aryl methyl sites for hydroxylation is 2. The quantitative estimate of drug-likeness (QED) is 0.738. The van der Waals surface area contributed by atoms with E-state index >= 15 is 0 Å². The number of hydrogen-bond acceptors (Lipinski definition) is 1. The van der Waals surface area contributed by atoms with Crippen molar-refractivity contribution < 1.29 is 4.39 Å². The minimum atomic E-state index is -0.129. The Hall–Kier alpha value is -0.890. The van der Waals surface area contributed by atoms with Crippen molar-refractivity contribution in [3.8, 4) is 0 Å². The molecule has 0 aliphatic heterocycles. The van der Waals surface area contributed by atoms with Gasteiger partial charge < -0.3 is 5.32 Å². The number of benzene rings is 1. The molecule has 0 saturated carbocycles. The van der Waals surface area contributed by atoms with Gasteiger partial charge in [0.2, 0.25) is 0 Å². The first-order valence-electron chi connectivity index (χ1n) is 7.49. The van der Waals surface area contributed by atoms with Crippen molar-refractivity contribution in [2.75, 3.05) is 7.05 Å². The van der Waals surface area contributed by atoms with E-state index in [9.17, 15) is 4.39 Å². The highest BCUT2D eigenvalue weighted by atomic mass is 19.1. The zero-order valence-corrected chi connectivity index (χ0v) is 13.0. The van der Waals surface area contributed by atoms with E-state index in [-0.39, 0.29) is 5.82 Å². The van der Waals surface area contributed by atoms with E-state index in [1.807, 2.05) is 20.9 Å². The smallest absolute Gasteiger partial charge is 0.123 e. The molecule has 0 aliphatic carbocycles. The van der Waals surface area contributed by atoms with Crippen LogP contribution >= 0.6 is 0 Å². The van der Waals surface area contributed by atoms with E-state index in [0.717, 1.165) is 17.5 Å². The highest BCUT2D eigenvalue weighted by molar-refractivity contribution is 5.37. The second-order valence-corrected chi connectivity index (χ2v) is 5.53. The first-order valence-corrected chi connectivity index (χ1v) is 7.49. The van der Waals surface area contributed by atoms with E-state index < -0.39 is 0 Å². The summed E-state index contributed by atoms with van der Waals surface area (Å²) in [4.78, 5) is 0. The summed E-state index contributed by atoms with van der Waals surface area (Å²) >= 11 is 0. The van der Waals surface area contributed by atoms with Gasteiger partial charge >= 0.3 is 0 Å². The lowest BCUT2D eigenvalue weighted by molar-refractivity contribution is 0.337. The standard InChI is InChI=1S/C17H28FN/c1-6-8-9-14(7-2)17(19-5)16-12(3)10-15(18)11-13(16)4/h10-11,14,17,19H,6-9H2,1-5H3. The van der Waals surface area contributed by atoms with Gasteiger partial charge in [-0.25, -0.2) is 4.39 Å². The fraction of sp³-hybridized carbons (Fsp3) is 0.647. The van der Waals surface area contributed by atoms with E-state index in [4.69, 9.17) is 0 Å². The molecule has 0 fully saturated rings. The van der Waals surface area contributed by atoms with Crippen LogP contribution in [0.15, 0.2) is 12.1 Å². The first-order chi connectivity index (χ1) is 9.04. The minimum absolute atomic E-state index is 0.129. The molecule has 1 nitrogen and oxygen atoms in total. The second-order valence-electron chi connectivity index (χ2n) is 5.53. The van der Waals surface area contributed by atoms with Gasteiger partial charge in [0.25, 0.3) is 0 Å². The second kappa shape index (κ2) is 7.64. The van der Waals surface area contributed by atoms with Gasteiger partial charge in [-0.1, -0.05) is 33.1 Å². The summed E-state index contributed by atoms with van der Waals surface area (Å²) in [5.74, 6) is 0.489. The summed E-state index contributed by atoms with van der Waals surface area (Å²) in [7, 11) is 2.02. The molecule has 1 aromatic rings. The molecule has 0 amide bonds. The average molecular weight is 265 g/mol. The predicted molar refractivity (Wildman–Crippen MR) is 81.0 cm³/mol. The van der Waals surface area contributed by atoms with E-state index in [0.29, 0.717) is 12.0 Å². The van der Waals surface area contributed by atoms with Crippen LogP contribution in [0, 0.1) is 25.6 Å². The molecule has 0 heterocycles. The largest absolute Gasteiger partial charge is 0.313 e. The number of unbranched alkanes of at least 4 members (excludes halogenated alkanes) is 1. The zero-order chi connectivity index (χ0) is 14.4. The Morgan fingerprint density at radius 2 is 1.74 bits per heavy atom. The summed E-state index contributed by atoms with van der Waals surface area (Å²) in [6, 6.07) is 3.63. The molecule has 1 rings (SSSR count). The SMILES string of the molecule is CCCCC(CC)C(NC)c1c(C)cc(F)cc1C. The van der Waals surface area contributed by atoms with Crippen molar-refractivity contribution in [1.29, 1.82) is 0 Å². The number of rotatable bonds is 7. The summed E-state index contributed by atoms with van der Waals surface area (Å²) < 4.78 is 13.4. The minimum Gasteiger partial charge on any atom is -0.313 e. The molecule has 0 spiro atoms. The lowest BCUT2D eigenvalue weighted by atomic mass is 9.83. The summed E-state index contributed by atoms with van der Waals surface area (Å²) in [5.41, 5.74) is 3.41. The van der Waals surface area contributed by atoms with Gasteiger partial charge in [-0.2, -0.15) is 0 Å². The molecule has 0 saturated heterocycles. The van der Waals surface area contributed by atoms with Gasteiger partial charge in [-0.3, -0.25) is 0 Å². The normalized spacial score (nSPS) is 14.4. The Bertz CT molecular complexity index is 377. The van der Waals surface area contributed by atoms with Crippen LogP contribution < -0.4 is 5.32 Å². The molecule has 1 aromatic carbocycles. The molecule has 2 heteroatoms. The molecule has 2 unspecified atom stereocenters. The van der Waals surface area contributed by atoms with Crippen molar-refractivity contribution in [2.24, 2.45) is 5.92 Å². The Morgan fingerprint density at radius 3 is 2.16 bits per heavy atom. The van der Waals surface area contributed by atoms with Gasteiger partial charge in [0.05, 0.1) is 0 Å². The van der Waals surface area contributed by atoms with Gasteiger partial charge in [0.15, 0.2) is 0 Å². The lowest BCUT2D eigenvalue weighted by Gasteiger charge is -2.29. The molecule has 19 heavy (non-hydrogen) atoms. The maximum Gasteiger partial charge on any atom is 0.123 e. The summed E-state index contributed by atoms with van der Waals surface area (Å²) in [5, 5.41) is 3.46. The van der Waals surface area contributed by atoms with Gasteiger partial charge in [0, 0.05) is 6.04 Å². The number of hydrogen-bond donors (Lipinski definition) is 1. The van der Waals surface area contributed by atoms with Crippen LogP contribution in [0.3, 0.4) is 0 Å². The molecule has 0 aromatic heterocycles. The van der Waals surface area contributed by atoms with Crippen LogP contribution in [-0.4, -0.2) is 7.05 Å². The predicted octanol–water partition coefficient (Wildman–Crippen LogP) is 4.92. The maximum absolute atomic E-state index is 13.4. The number of halogens is 1. The fourth-order valence-electron chi connectivity index (χ4n) is 3.10. The van der Waals surface area contributed by atoms with Crippen LogP contribution in [0.2, 0.25) is 0 Å². The molecule has 108 valence electrons. The van der Waals surface area contributed by atoms with Crippen molar-refractivity contribution >= 4 is 0 Å². The molecule has 0 aliphatic rings. The number of nitrogens with one attached hydrogen (secondary N) is 1. The Balaban J connectivity index is 3.07.